The molecule has 6 heteroatoms. The van der Waals surface area contributed by atoms with Crippen LogP contribution in [-0.2, 0) is 4.79 Å². The van der Waals surface area contributed by atoms with Gasteiger partial charge < -0.3 is 10.1 Å². The van der Waals surface area contributed by atoms with Crippen LogP contribution in [-0.4, -0.2) is 31.7 Å². The van der Waals surface area contributed by atoms with E-state index in [-0.39, 0.29) is 24.8 Å². The second-order valence-corrected chi connectivity index (χ2v) is 6.35. The van der Waals surface area contributed by atoms with Gasteiger partial charge in [0, 0.05) is 18.5 Å². The summed E-state index contributed by atoms with van der Waals surface area (Å²) in [6.07, 6.45) is 1.74. The molecule has 0 aromatic heterocycles. The van der Waals surface area contributed by atoms with Gasteiger partial charge in [0.2, 0.25) is 5.91 Å². The van der Waals surface area contributed by atoms with Crippen molar-refractivity contribution < 1.29 is 14.3 Å². The molecule has 2 rings (SSSR count). The highest BCUT2D eigenvalue weighted by atomic mass is 16.5. The number of hydrogen-bond acceptors (Lipinski definition) is 4. The van der Waals surface area contributed by atoms with Gasteiger partial charge in [-0.15, -0.1) is 0 Å². The molecule has 0 atom stereocenters. The van der Waals surface area contributed by atoms with Crippen LogP contribution >= 0.6 is 0 Å². The summed E-state index contributed by atoms with van der Waals surface area (Å²) in [5.74, 6) is 0.658. The van der Waals surface area contributed by atoms with Crippen LogP contribution in [0.25, 0.3) is 0 Å². The molecule has 142 valence electrons. The number of benzene rings is 2. The molecule has 0 radical (unpaired) electrons. The Morgan fingerprint density at radius 1 is 1.07 bits per heavy atom. The van der Waals surface area contributed by atoms with E-state index in [0.717, 1.165) is 5.56 Å². The van der Waals surface area contributed by atoms with Crippen LogP contribution in [0.15, 0.2) is 53.6 Å². The summed E-state index contributed by atoms with van der Waals surface area (Å²) in [6.45, 7) is 4.50. The summed E-state index contributed by atoms with van der Waals surface area (Å²) >= 11 is 0. The molecule has 0 heterocycles. The van der Waals surface area contributed by atoms with Crippen molar-refractivity contribution >= 4 is 18.0 Å². The van der Waals surface area contributed by atoms with Gasteiger partial charge in [-0.2, -0.15) is 5.10 Å². The average Bonchev–Trinajstić information content (AvgIpc) is 2.68. The van der Waals surface area contributed by atoms with Crippen LogP contribution in [0.4, 0.5) is 0 Å². The highest BCUT2D eigenvalue weighted by Gasteiger charge is 2.06. The molecule has 27 heavy (non-hydrogen) atoms. The van der Waals surface area contributed by atoms with Crippen molar-refractivity contribution in [3.05, 3.63) is 65.2 Å². The fourth-order valence-electron chi connectivity index (χ4n) is 2.34. The lowest BCUT2D eigenvalue weighted by Gasteiger charge is -2.06. The number of hydrogen-bond donors (Lipinski definition) is 2. The maximum absolute atomic E-state index is 12.0. The second-order valence-electron chi connectivity index (χ2n) is 6.35. The van der Waals surface area contributed by atoms with E-state index in [4.69, 9.17) is 4.74 Å². The SMILES string of the molecule is COc1ccc(C(=O)NCCC(=O)NN=Cc2ccc(C(C)C)cc2)cc1. The van der Waals surface area contributed by atoms with Gasteiger partial charge in [0.1, 0.15) is 5.75 Å². The molecule has 2 aromatic rings. The van der Waals surface area contributed by atoms with E-state index in [0.29, 0.717) is 17.2 Å². The van der Waals surface area contributed by atoms with E-state index >= 15 is 0 Å². The number of ether oxygens (including phenoxy) is 1. The monoisotopic (exact) mass is 367 g/mol. The normalized spacial score (nSPS) is 10.8. The van der Waals surface area contributed by atoms with Crippen LogP contribution in [0.1, 0.15) is 47.7 Å². The lowest BCUT2D eigenvalue weighted by molar-refractivity contribution is -0.120. The van der Waals surface area contributed by atoms with Gasteiger partial charge in [-0.25, -0.2) is 5.43 Å². The number of amides is 2. The maximum Gasteiger partial charge on any atom is 0.251 e. The van der Waals surface area contributed by atoms with Crippen molar-refractivity contribution in [1.82, 2.24) is 10.7 Å². The number of methoxy groups -OCH3 is 1. The maximum atomic E-state index is 12.0. The molecule has 0 aliphatic carbocycles. The molecule has 0 bridgehead atoms. The number of nitrogens with zero attached hydrogens (tertiary/aromatic N) is 1. The van der Waals surface area contributed by atoms with Crippen molar-refractivity contribution in [2.24, 2.45) is 5.10 Å². The molecule has 2 aromatic carbocycles. The van der Waals surface area contributed by atoms with Crippen LogP contribution in [0, 0.1) is 0 Å². The Morgan fingerprint density at radius 3 is 2.33 bits per heavy atom. The standard InChI is InChI=1S/C21H25N3O3/c1-15(2)17-6-4-16(5-7-17)14-23-24-20(25)12-13-22-21(26)18-8-10-19(27-3)11-9-18/h4-11,14-15H,12-13H2,1-3H3,(H,22,26)(H,24,25). The summed E-state index contributed by atoms with van der Waals surface area (Å²) in [7, 11) is 1.57. The molecule has 0 aliphatic rings. The lowest BCUT2D eigenvalue weighted by atomic mass is 10.0. The Bertz CT molecular complexity index is 781. The molecule has 2 N–H and O–H groups in total. The summed E-state index contributed by atoms with van der Waals surface area (Å²) in [5, 5.41) is 6.64. The van der Waals surface area contributed by atoms with Crippen molar-refractivity contribution in [3.63, 3.8) is 0 Å². The molecule has 0 fully saturated rings. The zero-order valence-corrected chi connectivity index (χ0v) is 15.9. The van der Waals surface area contributed by atoms with Crippen LogP contribution in [0.2, 0.25) is 0 Å². The summed E-state index contributed by atoms with van der Waals surface area (Å²) in [5.41, 5.74) is 5.14. The van der Waals surface area contributed by atoms with E-state index in [9.17, 15) is 9.59 Å². The Kier molecular flexibility index (Phi) is 7.55. The van der Waals surface area contributed by atoms with E-state index in [1.165, 1.54) is 5.56 Å². The first-order valence-electron chi connectivity index (χ1n) is 8.83. The average molecular weight is 367 g/mol. The molecule has 0 saturated carbocycles. The molecular formula is C21H25N3O3. The van der Waals surface area contributed by atoms with Crippen LogP contribution < -0.4 is 15.5 Å². The Morgan fingerprint density at radius 2 is 1.74 bits per heavy atom. The first kappa shape index (κ1) is 20.2. The van der Waals surface area contributed by atoms with Gasteiger partial charge in [0.05, 0.1) is 13.3 Å². The summed E-state index contributed by atoms with van der Waals surface area (Å²) in [6, 6.07) is 14.8. The molecule has 2 amide bonds. The molecule has 6 nitrogen and oxygen atoms in total. The van der Waals surface area contributed by atoms with Gasteiger partial charge in [-0.05, 0) is 41.3 Å². The highest BCUT2D eigenvalue weighted by molar-refractivity contribution is 5.94. The first-order chi connectivity index (χ1) is 13.0. The zero-order valence-electron chi connectivity index (χ0n) is 15.9. The van der Waals surface area contributed by atoms with Crippen molar-refractivity contribution in [2.45, 2.75) is 26.2 Å². The van der Waals surface area contributed by atoms with Crippen LogP contribution in [0.5, 0.6) is 5.75 Å². The van der Waals surface area contributed by atoms with Gasteiger partial charge in [0.15, 0.2) is 0 Å². The minimum Gasteiger partial charge on any atom is -0.497 e. The summed E-state index contributed by atoms with van der Waals surface area (Å²) in [4.78, 5) is 23.8. The Balaban J connectivity index is 1.71. The third-order valence-corrected chi connectivity index (χ3v) is 4.00. The number of nitrogens with one attached hydrogen (secondary N) is 2. The van der Waals surface area contributed by atoms with E-state index in [1.807, 2.05) is 24.3 Å². The molecule has 0 saturated heterocycles. The molecular weight excluding hydrogens is 342 g/mol. The predicted molar refractivity (Wildman–Crippen MR) is 106 cm³/mol. The van der Waals surface area contributed by atoms with Gasteiger partial charge in [-0.1, -0.05) is 38.1 Å². The number of rotatable bonds is 8. The van der Waals surface area contributed by atoms with E-state index in [1.54, 1.807) is 37.6 Å². The van der Waals surface area contributed by atoms with Crippen molar-refractivity contribution in [3.8, 4) is 5.75 Å². The second kappa shape index (κ2) is 10.1. The number of hydrazone groups is 1. The smallest absolute Gasteiger partial charge is 0.251 e. The largest absolute Gasteiger partial charge is 0.497 e. The Labute approximate surface area is 159 Å². The lowest BCUT2D eigenvalue weighted by Crippen LogP contribution is -2.29. The van der Waals surface area contributed by atoms with Gasteiger partial charge >= 0.3 is 0 Å². The molecule has 0 unspecified atom stereocenters. The number of carbonyl (C=O) groups excluding carboxylic acids is 2. The predicted octanol–water partition coefficient (Wildman–Crippen LogP) is 3.09. The van der Waals surface area contributed by atoms with Crippen molar-refractivity contribution in [2.75, 3.05) is 13.7 Å². The quantitative estimate of drug-likeness (QED) is 0.556. The first-order valence-corrected chi connectivity index (χ1v) is 8.83. The van der Waals surface area contributed by atoms with Gasteiger partial charge in [-0.3, -0.25) is 9.59 Å². The summed E-state index contributed by atoms with van der Waals surface area (Å²) < 4.78 is 5.05. The minimum absolute atomic E-state index is 0.144. The topological polar surface area (TPSA) is 79.8 Å². The highest BCUT2D eigenvalue weighted by Crippen LogP contribution is 2.14. The van der Waals surface area contributed by atoms with Crippen LogP contribution in [0.3, 0.4) is 0 Å². The third-order valence-electron chi connectivity index (χ3n) is 4.00. The molecule has 0 spiro atoms. The fourth-order valence-corrected chi connectivity index (χ4v) is 2.34. The van der Waals surface area contributed by atoms with E-state index < -0.39 is 0 Å². The van der Waals surface area contributed by atoms with Crippen molar-refractivity contribution in [1.29, 1.82) is 0 Å². The minimum atomic E-state index is -0.264. The van der Waals surface area contributed by atoms with E-state index in [2.05, 4.69) is 29.7 Å². The number of carbonyl (C=O) groups is 2. The Hall–Kier alpha value is -3.15. The zero-order chi connectivity index (χ0) is 19.6. The fraction of sp³-hybridized carbons (Fsp3) is 0.286. The van der Waals surface area contributed by atoms with Gasteiger partial charge in [0.25, 0.3) is 5.91 Å². The third kappa shape index (κ3) is 6.58. The molecule has 0 aliphatic heterocycles.